The van der Waals surface area contributed by atoms with E-state index in [4.69, 9.17) is 0 Å². The first-order valence-corrected chi connectivity index (χ1v) is 5.02. The summed E-state index contributed by atoms with van der Waals surface area (Å²) in [7, 11) is 0. The summed E-state index contributed by atoms with van der Waals surface area (Å²) in [5, 5.41) is 0. The molecule has 0 saturated carbocycles. The summed E-state index contributed by atoms with van der Waals surface area (Å²) >= 11 is 0. The van der Waals surface area contributed by atoms with Crippen molar-refractivity contribution < 1.29 is 0 Å². The molecule has 68 valence electrons. The summed E-state index contributed by atoms with van der Waals surface area (Å²) in [6.45, 7) is 6.64. The normalized spacial score (nSPS) is 14.2. The molecule has 1 aromatic rings. The zero-order valence-corrected chi connectivity index (χ0v) is 8.65. The van der Waals surface area contributed by atoms with Crippen LogP contribution < -0.4 is 0 Å². The molecular formula is C13H16. The second-order valence-corrected chi connectivity index (χ2v) is 3.89. The maximum Gasteiger partial charge on any atom is -0.00827 e. The average molecular weight is 172 g/mol. The van der Waals surface area contributed by atoms with Gasteiger partial charge >= 0.3 is 0 Å². The Bertz CT molecular complexity index is 370. The van der Waals surface area contributed by atoms with Crippen molar-refractivity contribution in [1.82, 2.24) is 0 Å². The number of allylic oxidation sites excluding steroid dienone is 2. The minimum Gasteiger partial charge on any atom is -0.0766 e. The van der Waals surface area contributed by atoms with Gasteiger partial charge in [0.05, 0.1) is 0 Å². The lowest BCUT2D eigenvalue weighted by molar-refractivity contribution is 1.08. The lowest BCUT2D eigenvalue weighted by Crippen LogP contribution is -1.93. The van der Waals surface area contributed by atoms with E-state index in [2.05, 4.69) is 39.0 Å². The first kappa shape index (κ1) is 8.55. The minimum absolute atomic E-state index is 1.14. The van der Waals surface area contributed by atoms with Crippen LogP contribution in [0.5, 0.6) is 0 Å². The third-order valence-electron chi connectivity index (χ3n) is 2.90. The summed E-state index contributed by atoms with van der Waals surface area (Å²) in [5.41, 5.74) is 7.42. The Labute approximate surface area is 80.3 Å². The number of fused-ring (bicyclic) bond motifs is 1. The van der Waals surface area contributed by atoms with Crippen LogP contribution in [0.2, 0.25) is 0 Å². The standard InChI is InChI=1S/C13H16/c1-4-11-7-9(2)8-13-10(3)5-6-12(11)13/h5,7-8H,4,6H2,1-3H3. The lowest BCUT2D eigenvalue weighted by Gasteiger charge is -2.09. The van der Waals surface area contributed by atoms with Crippen molar-refractivity contribution in [3.8, 4) is 0 Å². The van der Waals surface area contributed by atoms with Crippen molar-refractivity contribution in [2.75, 3.05) is 0 Å². The summed E-state index contributed by atoms with van der Waals surface area (Å²) in [5.74, 6) is 0. The smallest absolute Gasteiger partial charge is 0.00827 e. The quantitative estimate of drug-likeness (QED) is 0.608. The van der Waals surface area contributed by atoms with E-state index in [0.717, 1.165) is 12.8 Å². The van der Waals surface area contributed by atoms with E-state index in [-0.39, 0.29) is 0 Å². The third kappa shape index (κ3) is 1.31. The third-order valence-corrected chi connectivity index (χ3v) is 2.90. The molecule has 0 radical (unpaired) electrons. The van der Waals surface area contributed by atoms with Crippen LogP contribution in [0, 0.1) is 6.92 Å². The van der Waals surface area contributed by atoms with E-state index in [9.17, 15) is 0 Å². The van der Waals surface area contributed by atoms with Gasteiger partial charge in [-0.2, -0.15) is 0 Å². The van der Waals surface area contributed by atoms with Crippen LogP contribution in [0.1, 0.15) is 36.1 Å². The molecule has 0 bridgehead atoms. The summed E-state index contributed by atoms with van der Waals surface area (Å²) in [6, 6.07) is 4.64. The molecule has 1 aromatic carbocycles. The number of aryl methyl sites for hydroxylation is 2. The summed E-state index contributed by atoms with van der Waals surface area (Å²) in [4.78, 5) is 0. The zero-order chi connectivity index (χ0) is 9.42. The topological polar surface area (TPSA) is 0 Å². The van der Waals surface area contributed by atoms with Gasteiger partial charge in [-0.1, -0.05) is 30.7 Å². The van der Waals surface area contributed by atoms with E-state index in [1.165, 1.54) is 22.3 Å². The van der Waals surface area contributed by atoms with Crippen LogP contribution in [-0.4, -0.2) is 0 Å². The highest BCUT2D eigenvalue weighted by Crippen LogP contribution is 2.30. The van der Waals surface area contributed by atoms with Crippen molar-refractivity contribution in [3.63, 3.8) is 0 Å². The molecule has 0 atom stereocenters. The van der Waals surface area contributed by atoms with Crippen LogP contribution >= 0.6 is 0 Å². The van der Waals surface area contributed by atoms with Crippen molar-refractivity contribution in [2.45, 2.75) is 33.6 Å². The maximum atomic E-state index is 2.34. The Morgan fingerprint density at radius 2 is 2.00 bits per heavy atom. The highest BCUT2D eigenvalue weighted by atomic mass is 14.2. The van der Waals surface area contributed by atoms with Crippen molar-refractivity contribution in [3.05, 3.63) is 40.5 Å². The first-order valence-electron chi connectivity index (χ1n) is 5.02. The van der Waals surface area contributed by atoms with E-state index in [1.807, 2.05) is 0 Å². The number of hydrogen-bond donors (Lipinski definition) is 0. The fraction of sp³-hybridized carbons (Fsp3) is 0.385. The second-order valence-electron chi connectivity index (χ2n) is 3.89. The molecule has 0 aromatic heterocycles. The highest BCUT2D eigenvalue weighted by Gasteiger charge is 2.13. The minimum atomic E-state index is 1.14. The van der Waals surface area contributed by atoms with Crippen molar-refractivity contribution >= 4 is 5.57 Å². The fourth-order valence-corrected chi connectivity index (χ4v) is 2.16. The largest absolute Gasteiger partial charge is 0.0766 e. The van der Waals surface area contributed by atoms with Gasteiger partial charge in [-0.05, 0) is 49.0 Å². The molecule has 0 N–H and O–H groups in total. The van der Waals surface area contributed by atoms with E-state index >= 15 is 0 Å². The molecule has 1 aliphatic rings. The Hall–Kier alpha value is -1.04. The lowest BCUT2D eigenvalue weighted by atomic mass is 9.96. The second kappa shape index (κ2) is 3.02. The van der Waals surface area contributed by atoms with Gasteiger partial charge in [0.2, 0.25) is 0 Å². The van der Waals surface area contributed by atoms with Gasteiger partial charge in [0.25, 0.3) is 0 Å². The Kier molecular flexibility index (Phi) is 1.99. The van der Waals surface area contributed by atoms with Gasteiger partial charge < -0.3 is 0 Å². The predicted octanol–water partition coefficient (Wildman–Crippen LogP) is 3.52. The molecule has 0 unspecified atom stereocenters. The molecule has 0 spiro atoms. The molecule has 1 aliphatic carbocycles. The highest BCUT2D eigenvalue weighted by molar-refractivity contribution is 5.73. The van der Waals surface area contributed by atoms with Crippen LogP contribution in [0.15, 0.2) is 18.2 Å². The first-order chi connectivity index (χ1) is 6.22. The van der Waals surface area contributed by atoms with Gasteiger partial charge in [0, 0.05) is 0 Å². The number of benzene rings is 1. The zero-order valence-electron chi connectivity index (χ0n) is 8.65. The molecule has 0 heteroatoms. The predicted molar refractivity (Wildman–Crippen MR) is 57.9 cm³/mol. The molecule has 0 amide bonds. The van der Waals surface area contributed by atoms with Crippen LogP contribution in [-0.2, 0) is 12.8 Å². The maximum absolute atomic E-state index is 2.34. The molecule has 0 saturated heterocycles. The molecule has 0 fully saturated rings. The van der Waals surface area contributed by atoms with E-state index in [1.54, 1.807) is 5.56 Å². The molecule has 0 nitrogen and oxygen atoms in total. The fourth-order valence-electron chi connectivity index (χ4n) is 2.16. The van der Waals surface area contributed by atoms with Crippen LogP contribution in [0.3, 0.4) is 0 Å². The van der Waals surface area contributed by atoms with E-state index in [0.29, 0.717) is 0 Å². The van der Waals surface area contributed by atoms with Crippen molar-refractivity contribution in [1.29, 1.82) is 0 Å². The number of hydrogen-bond acceptors (Lipinski definition) is 0. The molecule has 13 heavy (non-hydrogen) atoms. The molecule has 2 rings (SSSR count). The van der Waals surface area contributed by atoms with Gasteiger partial charge in [0.1, 0.15) is 0 Å². The molecule has 0 aliphatic heterocycles. The van der Waals surface area contributed by atoms with Crippen LogP contribution in [0.25, 0.3) is 5.57 Å². The van der Waals surface area contributed by atoms with E-state index < -0.39 is 0 Å². The summed E-state index contributed by atoms with van der Waals surface area (Å²) in [6.07, 6.45) is 4.64. The Morgan fingerprint density at radius 3 is 2.69 bits per heavy atom. The molecular weight excluding hydrogens is 156 g/mol. The SMILES string of the molecule is CCc1cc(C)cc2c1CC=C2C. The van der Waals surface area contributed by atoms with Gasteiger partial charge in [-0.3, -0.25) is 0 Å². The number of rotatable bonds is 1. The van der Waals surface area contributed by atoms with Crippen LogP contribution in [0.4, 0.5) is 0 Å². The Balaban J connectivity index is 2.61. The Morgan fingerprint density at radius 1 is 1.23 bits per heavy atom. The molecule has 0 heterocycles. The monoisotopic (exact) mass is 172 g/mol. The average Bonchev–Trinajstić information content (AvgIpc) is 2.47. The van der Waals surface area contributed by atoms with Gasteiger partial charge in [0.15, 0.2) is 0 Å². The summed E-state index contributed by atoms with van der Waals surface area (Å²) < 4.78 is 0. The van der Waals surface area contributed by atoms with Gasteiger partial charge in [-0.25, -0.2) is 0 Å². The van der Waals surface area contributed by atoms with Crippen molar-refractivity contribution in [2.24, 2.45) is 0 Å². The van der Waals surface area contributed by atoms with Gasteiger partial charge in [-0.15, -0.1) is 0 Å².